The van der Waals surface area contributed by atoms with Crippen LogP contribution >= 0.6 is 57.4 Å². The maximum atomic E-state index is 12.6. The van der Waals surface area contributed by atoms with Gasteiger partial charge in [-0.25, -0.2) is 0 Å². The molecule has 2 atom stereocenters. The highest BCUT2D eigenvalue weighted by molar-refractivity contribution is 14.1. The third-order valence-electron chi connectivity index (χ3n) is 4.26. The van der Waals surface area contributed by atoms with Crippen molar-refractivity contribution in [2.24, 2.45) is 17.3 Å². The van der Waals surface area contributed by atoms with Crippen LogP contribution in [0.2, 0.25) is 10.0 Å². The smallest absolute Gasteiger partial charge is 0.426 e. The predicted molar refractivity (Wildman–Crippen MR) is 99.7 cm³/mol. The number of esters is 1. The molecule has 0 bridgehead atoms. The molecule has 138 valence electrons. The van der Waals surface area contributed by atoms with E-state index in [-0.39, 0.29) is 6.61 Å². The molecule has 2 rings (SSSR count). The van der Waals surface area contributed by atoms with Gasteiger partial charge < -0.3 is 4.74 Å². The van der Waals surface area contributed by atoms with E-state index in [0.29, 0.717) is 15.6 Å². The largest absolute Gasteiger partial charge is 0.460 e. The zero-order chi connectivity index (χ0) is 19.2. The monoisotopic (exact) mass is 526 g/mol. The summed E-state index contributed by atoms with van der Waals surface area (Å²) in [7, 11) is 0. The van der Waals surface area contributed by atoms with Crippen molar-refractivity contribution in [2.75, 3.05) is 0 Å². The van der Waals surface area contributed by atoms with Gasteiger partial charge in [-0.15, -0.1) is 0 Å². The van der Waals surface area contributed by atoms with Crippen LogP contribution in [0.25, 0.3) is 0 Å². The van der Waals surface area contributed by atoms with E-state index < -0.39 is 34.4 Å². The van der Waals surface area contributed by atoms with Gasteiger partial charge in [-0.05, 0) is 46.1 Å². The summed E-state index contributed by atoms with van der Waals surface area (Å²) in [6.45, 7) is 3.22. The van der Waals surface area contributed by atoms with Gasteiger partial charge in [0, 0.05) is 14.2 Å². The highest BCUT2D eigenvalue weighted by Crippen LogP contribution is 2.60. The van der Waals surface area contributed by atoms with E-state index in [4.69, 9.17) is 39.5 Å². The van der Waals surface area contributed by atoms with Crippen molar-refractivity contribution in [1.29, 1.82) is 0 Å². The van der Waals surface area contributed by atoms with Crippen LogP contribution in [0.3, 0.4) is 0 Å². The summed E-state index contributed by atoms with van der Waals surface area (Å²) in [4.78, 5) is 12.3. The second-order valence-electron chi connectivity index (χ2n) is 6.27. The molecule has 0 aromatic heterocycles. The van der Waals surface area contributed by atoms with Crippen molar-refractivity contribution in [2.45, 2.75) is 26.6 Å². The summed E-state index contributed by atoms with van der Waals surface area (Å²) in [5, 5.41) is -0.498. The Morgan fingerprint density at radius 2 is 1.96 bits per heavy atom. The molecule has 9 heteroatoms. The third kappa shape index (κ3) is 4.57. The maximum Gasteiger partial charge on any atom is 0.426 e. The zero-order valence-corrected chi connectivity index (χ0v) is 17.5. The van der Waals surface area contributed by atoms with E-state index in [0.717, 1.165) is 9.65 Å². The third-order valence-corrected chi connectivity index (χ3v) is 6.60. The van der Waals surface area contributed by atoms with E-state index in [9.17, 15) is 18.0 Å². The first-order chi connectivity index (χ1) is 11.4. The van der Waals surface area contributed by atoms with Gasteiger partial charge in [-0.2, -0.15) is 13.2 Å². The number of carbonyl (C=O) groups excluding carboxylic acids is 1. The quantitative estimate of drug-likeness (QED) is 0.251. The van der Waals surface area contributed by atoms with E-state index in [1.54, 1.807) is 26.0 Å². The topological polar surface area (TPSA) is 26.3 Å². The number of carbonyl (C=O) groups is 1. The Morgan fingerprint density at radius 3 is 2.52 bits per heavy atom. The molecule has 0 aliphatic heterocycles. The Bertz CT molecular complexity index is 732. The Morgan fingerprint density at radius 1 is 1.36 bits per heavy atom. The fourth-order valence-corrected chi connectivity index (χ4v) is 3.75. The van der Waals surface area contributed by atoms with Crippen LogP contribution in [0, 0.1) is 20.8 Å². The SMILES string of the molecule is CC1(C)C(/C=C(\Cl)C(F)(F)F)[C@H]1C(=O)OCc1c(Cl)ccc(I)c1Cl. The fraction of sp³-hybridized carbons (Fsp3) is 0.438. The maximum absolute atomic E-state index is 12.6. The lowest BCUT2D eigenvalue weighted by atomic mass is 10.1. The van der Waals surface area contributed by atoms with Gasteiger partial charge in [0.2, 0.25) is 0 Å². The van der Waals surface area contributed by atoms with Crippen molar-refractivity contribution < 1.29 is 22.7 Å². The van der Waals surface area contributed by atoms with Crippen LogP contribution in [0.15, 0.2) is 23.2 Å². The number of hydrogen-bond donors (Lipinski definition) is 0. The molecule has 1 aromatic carbocycles. The van der Waals surface area contributed by atoms with Crippen LogP contribution in [-0.4, -0.2) is 12.1 Å². The summed E-state index contributed by atoms with van der Waals surface area (Å²) in [5.74, 6) is -1.95. The predicted octanol–water partition coefficient (Wildman–Crippen LogP) is 6.60. The number of alkyl halides is 3. The summed E-state index contributed by atoms with van der Waals surface area (Å²) in [6, 6.07) is 3.36. The van der Waals surface area contributed by atoms with Crippen molar-refractivity contribution in [3.05, 3.63) is 42.4 Å². The number of benzene rings is 1. The molecule has 1 saturated carbocycles. The Balaban J connectivity index is 2.09. The minimum Gasteiger partial charge on any atom is -0.460 e. The molecule has 0 spiro atoms. The molecular formula is C16H13Cl3F3IO2. The number of allylic oxidation sites excluding steroid dienone is 2. The average molecular weight is 528 g/mol. The van der Waals surface area contributed by atoms with Gasteiger partial charge in [0.25, 0.3) is 0 Å². The molecule has 1 fully saturated rings. The second-order valence-corrected chi connectivity index (χ2v) is 8.62. The molecule has 0 heterocycles. The molecular weight excluding hydrogens is 514 g/mol. The van der Waals surface area contributed by atoms with Gasteiger partial charge in [0.15, 0.2) is 0 Å². The number of hydrogen-bond acceptors (Lipinski definition) is 2. The van der Waals surface area contributed by atoms with Crippen LogP contribution in [-0.2, 0) is 16.1 Å². The highest BCUT2D eigenvalue weighted by Gasteiger charge is 2.62. The highest BCUT2D eigenvalue weighted by atomic mass is 127. The molecule has 25 heavy (non-hydrogen) atoms. The Kier molecular flexibility index (Phi) is 6.29. The van der Waals surface area contributed by atoms with E-state index in [1.807, 2.05) is 22.6 Å². The summed E-state index contributed by atoms with van der Waals surface area (Å²) in [6.07, 6.45) is -3.75. The molecule has 1 aromatic rings. The van der Waals surface area contributed by atoms with Gasteiger partial charge in [-0.1, -0.05) is 54.7 Å². The Labute approximate surface area is 171 Å². The Hall–Kier alpha value is -0.180. The number of rotatable bonds is 4. The molecule has 1 unspecified atom stereocenters. The van der Waals surface area contributed by atoms with Crippen LogP contribution < -0.4 is 0 Å². The lowest BCUT2D eigenvalue weighted by Gasteiger charge is -2.10. The van der Waals surface area contributed by atoms with E-state index in [2.05, 4.69) is 0 Å². The molecule has 0 saturated heterocycles. The molecule has 1 aliphatic rings. The second kappa shape index (κ2) is 7.44. The van der Waals surface area contributed by atoms with E-state index in [1.165, 1.54) is 0 Å². The summed E-state index contributed by atoms with van der Waals surface area (Å²) in [5.41, 5.74) is -0.205. The van der Waals surface area contributed by atoms with Crippen LogP contribution in [0.5, 0.6) is 0 Å². The standard InChI is InChI=1S/C16H13Cl3F3IO2/c1-15(2)8(5-11(18)16(20,21)22)12(15)14(24)25-6-7-9(17)3-4-10(23)13(7)19/h3-5,8,12H,6H2,1-2H3/b11-5-/t8?,12-/m0/s1. The lowest BCUT2D eigenvalue weighted by molar-refractivity contribution is -0.147. The first kappa shape index (κ1) is 21.1. The van der Waals surface area contributed by atoms with Gasteiger partial charge in [0.1, 0.15) is 11.6 Å². The summed E-state index contributed by atoms with van der Waals surface area (Å²) < 4.78 is 43.7. The minimum atomic E-state index is -4.63. The van der Waals surface area contributed by atoms with Gasteiger partial charge in [-0.3, -0.25) is 4.79 Å². The van der Waals surface area contributed by atoms with Crippen LogP contribution in [0.4, 0.5) is 13.2 Å². The number of ether oxygens (including phenoxy) is 1. The average Bonchev–Trinajstić information content (AvgIpc) is 3.02. The first-order valence-electron chi connectivity index (χ1n) is 7.11. The lowest BCUT2D eigenvalue weighted by Crippen LogP contribution is -2.11. The summed E-state index contributed by atoms with van der Waals surface area (Å²) >= 11 is 19.5. The van der Waals surface area contributed by atoms with Crippen LogP contribution in [0.1, 0.15) is 19.4 Å². The molecule has 0 N–H and O–H groups in total. The minimum absolute atomic E-state index is 0.149. The van der Waals surface area contributed by atoms with Crippen molar-refractivity contribution >= 4 is 63.4 Å². The van der Waals surface area contributed by atoms with Crippen molar-refractivity contribution in [3.8, 4) is 0 Å². The molecule has 2 nitrogen and oxygen atoms in total. The zero-order valence-electron chi connectivity index (χ0n) is 13.1. The van der Waals surface area contributed by atoms with E-state index >= 15 is 0 Å². The molecule has 0 radical (unpaired) electrons. The van der Waals surface area contributed by atoms with Gasteiger partial charge in [0.05, 0.1) is 10.9 Å². The van der Waals surface area contributed by atoms with Crippen molar-refractivity contribution in [3.63, 3.8) is 0 Å². The fourth-order valence-electron chi connectivity index (χ4n) is 2.63. The normalized spacial score (nSPS) is 22.7. The first-order valence-corrected chi connectivity index (χ1v) is 9.32. The van der Waals surface area contributed by atoms with Crippen molar-refractivity contribution in [1.82, 2.24) is 0 Å². The van der Waals surface area contributed by atoms with Gasteiger partial charge >= 0.3 is 12.1 Å². The number of halogens is 7. The molecule has 1 aliphatic carbocycles. The molecule has 0 amide bonds.